The molecule has 2 aromatic rings. The standard InChI is InChI=1S/C13H11NO3S/c15-10-4-6-11(7-5-10)18-8-9-2-1-3-12(14-9)13(16)17/h1-7,15H,8H2,(H,16,17). The molecule has 1 aromatic heterocycles. The first-order chi connectivity index (χ1) is 8.65. The van der Waals surface area contributed by atoms with E-state index in [4.69, 9.17) is 10.2 Å². The Morgan fingerprint density at radius 1 is 1.17 bits per heavy atom. The minimum Gasteiger partial charge on any atom is -0.508 e. The van der Waals surface area contributed by atoms with Crippen LogP contribution in [0.3, 0.4) is 0 Å². The number of aromatic nitrogens is 1. The van der Waals surface area contributed by atoms with Crippen molar-refractivity contribution in [3.8, 4) is 5.75 Å². The summed E-state index contributed by atoms with van der Waals surface area (Å²) in [5.74, 6) is -0.205. The van der Waals surface area contributed by atoms with Crippen LogP contribution in [-0.4, -0.2) is 21.2 Å². The van der Waals surface area contributed by atoms with Gasteiger partial charge < -0.3 is 10.2 Å². The van der Waals surface area contributed by atoms with Crippen molar-refractivity contribution in [2.24, 2.45) is 0 Å². The van der Waals surface area contributed by atoms with Crippen molar-refractivity contribution in [1.29, 1.82) is 0 Å². The Balaban J connectivity index is 2.04. The Kier molecular flexibility index (Phi) is 3.84. The number of carbonyl (C=O) groups is 1. The number of aromatic carboxylic acids is 1. The van der Waals surface area contributed by atoms with Crippen LogP contribution in [0.4, 0.5) is 0 Å². The summed E-state index contributed by atoms with van der Waals surface area (Å²) >= 11 is 1.54. The van der Waals surface area contributed by atoms with E-state index in [0.29, 0.717) is 11.4 Å². The molecular weight excluding hydrogens is 250 g/mol. The summed E-state index contributed by atoms with van der Waals surface area (Å²) in [6.45, 7) is 0. The molecule has 0 saturated carbocycles. The Morgan fingerprint density at radius 2 is 1.89 bits per heavy atom. The fourth-order valence-corrected chi connectivity index (χ4v) is 2.18. The van der Waals surface area contributed by atoms with Gasteiger partial charge in [-0.05, 0) is 36.4 Å². The summed E-state index contributed by atoms with van der Waals surface area (Å²) in [4.78, 5) is 15.8. The predicted octanol–water partition coefficient (Wildman–Crippen LogP) is 2.78. The Bertz CT molecular complexity index is 554. The fourth-order valence-electron chi connectivity index (χ4n) is 1.38. The van der Waals surface area contributed by atoms with Crippen molar-refractivity contribution in [2.75, 3.05) is 0 Å². The molecule has 0 aliphatic carbocycles. The van der Waals surface area contributed by atoms with Crippen LogP contribution < -0.4 is 0 Å². The largest absolute Gasteiger partial charge is 0.508 e. The number of thioether (sulfide) groups is 1. The van der Waals surface area contributed by atoms with Crippen molar-refractivity contribution in [3.05, 3.63) is 53.9 Å². The van der Waals surface area contributed by atoms with E-state index < -0.39 is 5.97 Å². The molecule has 0 aliphatic rings. The van der Waals surface area contributed by atoms with E-state index in [0.717, 1.165) is 4.90 Å². The number of nitrogens with zero attached hydrogens (tertiary/aromatic N) is 1. The third kappa shape index (κ3) is 3.24. The number of phenolic OH excluding ortho intramolecular Hbond substituents is 1. The number of rotatable bonds is 4. The van der Waals surface area contributed by atoms with Gasteiger partial charge in [0, 0.05) is 10.6 Å². The third-order valence-electron chi connectivity index (χ3n) is 2.25. The van der Waals surface area contributed by atoms with E-state index in [1.807, 2.05) is 0 Å². The zero-order valence-electron chi connectivity index (χ0n) is 9.41. The van der Waals surface area contributed by atoms with Crippen LogP contribution in [0, 0.1) is 0 Å². The first-order valence-electron chi connectivity index (χ1n) is 5.26. The first-order valence-corrected chi connectivity index (χ1v) is 6.25. The lowest BCUT2D eigenvalue weighted by Gasteiger charge is -2.02. The molecule has 5 heteroatoms. The van der Waals surface area contributed by atoms with Gasteiger partial charge in [0.05, 0.1) is 5.69 Å². The summed E-state index contributed by atoms with van der Waals surface area (Å²) in [5, 5.41) is 18.0. The van der Waals surface area contributed by atoms with Crippen molar-refractivity contribution in [3.63, 3.8) is 0 Å². The van der Waals surface area contributed by atoms with Crippen molar-refractivity contribution >= 4 is 17.7 Å². The molecule has 18 heavy (non-hydrogen) atoms. The van der Waals surface area contributed by atoms with Crippen molar-refractivity contribution in [2.45, 2.75) is 10.6 Å². The molecule has 4 nitrogen and oxygen atoms in total. The molecule has 2 rings (SSSR count). The predicted molar refractivity (Wildman–Crippen MR) is 68.9 cm³/mol. The maximum atomic E-state index is 10.8. The van der Waals surface area contributed by atoms with Crippen molar-refractivity contribution < 1.29 is 15.0 Å². The normalized spacial score (nSPS) is 10.2. The van der Waals surface area contributed by atoms with Crippen LogP contribution in [0.1, 0.15) is 16.2 Å². The highest BCUT2D eigenvalue weighted by Gasteiger charge is 2.05. The van der Waals surface area contributed by atoms with Crippen LogP contribution in [0.15, 0.2) is 47.4 Å². The van der Waals surface area contributed by atoms with E-state index in [-0.39, 0.29) is 11.4 Å². The van der Waals surface area contributed by atoms with E-state index in [1.54, 1.807) is 36.4 Å². The topological polar surface area (TPSA) is 70.4 Å². The lowest BCUT2D eigenvalue weighted by molar-refractivity contribution is 0.0690. The molecule has 2 N–H and O–H groups in total. The van der Waals surface area contributed by atoms with Crippen molar-refractivity contribution in [1.82, 2.24) is 4.98 Å². The van der Waals surface area contributed by atoms with Gasteiger partial charge >= 0.3 is 5.97 Å². The van der Waals surface area contributed by atoms with E-state index >= 15 is 0 Å². The maximum Gasteiger partial charge on any atom is 0.354 e. The van der Waals surface area contributed by atoms with Crippen LogP contribution in [0.25, 0.3) is 0 Å². The third-order valence-corrected chi connectivity index (χ3v) is 3.29. The van der Waals surface area contributed by atoms with Gasteiger partial charge in [0.25, 0.3) is 0 Å². The number of hydrogen-bond acceptors (Lipinski definition) is 4. The molecular formula is C13H11NO3S. The summed E-state index contributed by atoms with van der Waals surface area (Å²) < 4.78 is 0. The number of phenols is 1. The number of carboxylic acids is 1. The van der Waals surface area contributed by atoms with Gasteiger partial charge in [0.1, 0.15) is 11.4 Å². The minimum absolute atomic E-state index is 0.0545. The highest BCUT2D eigenvalue weighted by molar-refractivity contribution is 7.98. The Hall–Kier alpha value is -2.01. The second-order valence-corrected chi connectivity index (χ2v) is 4.65. The quantitative estimate of drug-likeness (QED) is 0.828. The van der Waals surface area contributed by atoms with Gasteiger partial charge in [-0.15, -0.1) is 11.8 Å². The minimum atomic E-state index is -1.02. The number of pyridine rings is 1. The van der Waals surface area contributed by atoms with Gasteiger partial charge in [0.15, 0.2) is 0 Å². The number of benzene rings is 1. The van der Waals surface area contributed by atoms with Crippen LogP contribution in [0.5, 0.6) is 5.75 Å². The molecule has 0 bridgehead atoms. The molecule has 0 radical (unpaired) electrons. The molecule has 0 amide bonds. The summed E-state index contributed by atoms with van der Waals surface area (Å²) in [6.07, 6.45) is 0. The first kappa shape index (κ1) is 12.4. The lowest BCUT2D eigenvalue weighted by atomic mass is 10.3. The molecule has 92 valence electrons. The molecule has 0 saturated heterocycles. The summed E-state index contributed by atoms with van der Waals surface area (Å²) in [5.41, 5.74) is 0.770. The number of aromatic hydroxyl groups is 1. The second kappa shape index (κ2) is 5.55. The second-order valence-electron chi connectivity index (χ2n) is 3.60. The number of carboxylic acid groups (broad SMARTS) is 1. The fraction of sp³-hybridized carbons (Fsp3) is 0.0769. The molecule has 0 unspecified atom stereocenters. The molecule has 0 atom stereocenters. The maximum absolute atomic E-state index is 10.8. The van der Waals surface area contributed by atoms with Gasteiger partial charge in [0.2, 0.25) is 0 Å². The zero-order chi connectivity index (χ0) is 13.0. The van der Waals surface area contributed by atoms with Gasteiger partial charge in [-0.25, -0.2) is 9.78 Å². The highest BCUT2D eigenvalue weighted by Crippen LogP contribution is 2.23. The Labute approximate surface area is 108 Å². The van der Waals surface area contributed by atoms with Gasteiger partial charge in [-0.1, -0.05) is 6.07 Å². The van der Waals surface area contributed by atoms with Crippen LogP contribution in [0.2, 0.25) is 0 Å². The SMILES string of the molecule is O=C(O)c1cccc(CSc2ccc(O)cc2)n1. The average Bonchev–Trinajstić information content (AvgIpc) is 2.38. The molecule has 1 heterocycles. The van der Waals surface area contributed by atoms with Crippen LogP contribution in [-0.2, 0) is 5.75 Å². The summed E-state index contributed by atoms with van der Waals surface area (Å²) in [6, 6.07) is 11.8. The van der Waals surface area contributed by atoms with Crippen LogP contribution >= 0.6 is 11.8 Å². The number of hydrogen-bond donors (Lipinski definition) is 2. The van der Waals surface area contributed by atoms with Gasteiger partial charge in [-0.3, -0.25) is 0 Å². The van der Waals surface area contributed by atoms with E-state index in [1.165, 1.54) is 17.8 Å². The Morgan fingerprint density at radius 3 is 2.56 bits per heavy atom. The smallest absolute Gasteiger partial charge is 0.354 e. The molecule has 0 aliphatic heterocycles. The molecule has 0 fully saturated rings. The zero-order valence-corrected chi connectivity index (χ0v) is 10.2. The highest BCUT2D eigenvalue weighted by atomic mass is 32.2. The molecule has 0 spiro atoms. The average molecular weight is 261 g/mol. The lowest BCUT2D eigenvalue weighted by Crippen LogP contribution is -2.01. The van der Waals surface area contributed by atoms with Gasteiger partial charge in [-0.2, -0.15) is 0 Å². The molecule has 1 aromatic carbocycles. The monoisotopic (exact) mass is 261 g/mol. The van der Waals surface area contributed by atoms with E-state index in [2.05, 4.69) is 4.98 Å². The summed E-state index contributed by atoms with van der Waals surface area (Å²) in [7, 11) is 0. The van der Waals surface area contributed by atoms with E-state index in [9.17, 15) is 4.79 Å².